The average molecular weight is 364 g/mol. The molecule has 1 atom stereocenters. The molecule has 0 bridgehead atoms. The molecule has 1 aromatic heterocycles. The van der Waals surface area contributed by atoms with Crippen molar-refractivity contribution in [1.29, 1.82) is 0 Å². The van der Waals surface area contributed by atoms with Crippen molar-refractivity contribution >= 4 is 16.7 Å². The zero-order valence-corrected chi connectivity index (χ0v) is 16.6. The number of nitrogen functional groups attached to an aromatic ring is 1. The number of hydrogen-bond donors (Lipinski definition) is 2. The summed E-state index contributed by atoms with van der Waals surface area (Å²) in [6.07, 6.45) is 9.02. The van der Waals surface area contributed by atoms with Gasteiger partial charge < -0.3 is 10.5 Å². The fourth-order valence-electron chi connectivity index (χ4n) is 3.45. The minimum absolute atomic E-state index is 0.0574. The number of benzene rings is 1. The number of halogens is 1. The SMILES string of the molecule is CC1CCC1.CCCC(CCC)C(C)Oc1cc(F)c2c(N)n[nH]c2c1. The van der Waals surface area contributed by atoms with Crippen molar-refractivity contribution in [3.63, 3.8) is 0 Å². The number of nitrogens with zero attached hydrogens (tertiary/aromatic N) is 1. The smallest absolute Gasteiger partial charge is 0.156 e. The van der Waals surface area contributed by atoms with Gasteiger partial charge >= 0.3 is 0 Å². The van der Waals surface area contributed by atoms with Crippen molar-refractivity contribution < 1.29 is 9.13 Å². The Morgan fingerprint density at radius 1 is 1.27 bits per heavy atom. The summed E-state index contributed by atoms with van der Waals surface area (Å²) in [4.78, 5) is 0. The normalized spacial score (nSPS) is 15.5. The summed E-state index contributed by atoms with van der Waals surface area (Å²) in [6.45, 7) is 8.71. The molecular weight excluding hydrogens is 329 g/mol. The van der Waals surface area contributed by atoms with E-state index in [4.69, 9.17) is 10.5 Å². The van der Waals surface area contributed by atoms with Crippen molar-refractivity contribution in [2.24, 2.45) is 11.8 Å². The van der Waals surface area contributed by atoms with E-state index < -0.39 is 5.82 Å². The molecule has 0 radical (unpaired) electrons. The van der Waals surface area contributed by atoms with E-state index >= 15 is 0 Å². The lowest BCUT2D eigenvalue weighted by Crippen LogP contribution is -2.23. The predicted octanol–water partition coefficient (Wildman–Crippen LogP) is 6.07. The van der Waals surface area contributed by atoms with E-state index in [2.05, 4.69) is 37.9 Å². The highest BCUT2D eigenvalue weighted by Gasteiger charge is 2.19. The number of aromatic nitrogens is 2. The Balaban J connectivity index is 0.000000417. The Labute approximate surface area is 156 Å². The van der Waals surface area contributed by atoms with Crippen LogP contribution >= 0.6 is 0 Å². The van der Waals surface area contributed by atoms with E-state index in [0.29, 0.717) is 22.6 Å². The minimum atomic E-state index is -0.400. The van der Waals surface area contributed by atoms with Crippen LogP contribution in [0.4, 0.5) is 10.2 Å². The first-order valence-electron chi connectivity index (χ1n) is 10.1. The van der Waals surface area contributed by atoms with Crippen LogP contribution in [0.25, 0.3) is 10.9 Å². The lowest BCUT2D eigenvalue weighted by atomic mass is 9.88. The lowest BCUT2D eigenvalue weighted by molar-refractivity contribution is 0.137. The second kappa shape index (κ2) is 9.79. The summed E-state index contributed by atoms with van der Waals surface area (Å²) in [5, 5.41) is 6.88. The molecule has 0 saturated heterocycles. The third kappa shape index (κ3) is 5.36. The van der Waals surface area contributed by atoms with Crippen LogP contribution < -0.4 is 10.5 Å². The topological polar surface area (TPSA) is 63.9 Å². The van der Waals surface area contributed by atoms with Gasteiger partial charge in [0.25, 0.3) is 0 Å². The molecule has 1 heterocycles. The van der Waals surface area contributed by atoms with Crippen LogP contribution in [0.3, 0.4) is 0 Å². The second-order valence-corrected chi connectivity index (χ2v) is 7.63. The van der Waals surface area contributed by atoms with Crippen LogP contribution in [0.1, 0.15) is 72.6 Å². The molecule has 1 aliphatic carbocycles. The van der Waals surface area contributed by atoms with Crippen molar-refractivity contribution in [1.82, 2.24) is 10.2 Å². The molecule has 1 aromatic carbocycles. The molecule has 5 heteroatoms. The summed E-state index contributed by atoms with van der Waals surface area (Å²) in [5.41, 5.74) is 6.20. The lowest BCUT2D eigenvalue weighted by Gasteiger charge is -2.24. The summed E-state index contributed by atoms with van der Waals surface area (Å²) in [5.74, 6) is 1.86. The molecule has 1 fully saturated rings. The molecule has 146 valence electrons. The van der Waals surface area contributed by atoms with Gasteiger partial charge in [0.2, 0.25) is 0 Å². The third-order valence-corrected chi connectivity index (χ3v) is 5.32. The number of aromatic amines is 1. The number of nitrogens with two attached hydrogens (primary N) is 1. The van der Waals surface area contributed by atoms with Crippen LogP contribution in [0.15, 0.2) is 12.1 Å². The van der Waals surface area contributed by atoms with E-state index in [0.717, 1.165) is 31.6 Å². The van der Waals surface area contributed by atoms with Crippen LogP contribution in [-0.4, -0.2) is 16.3 Å². The number of ether oxygens (including phenoxy) is 1. The summed E-state index contributed by atoms with van der Waals surface area (Å²) < 4.78 is 20.0. The first-order valence-corrected chi connectivity index (χ1v) is 10.1. The Morgan fingerprint density at radius 3 is 2.38 bits per heavy atom. The maximum atomic E-state index is 14.1. The first kappa shape index (κ1) is 20.5. The van der Waals surface area contributed by atoms with Gasteiger partial charge in [0.05, 0.1) is 17.0 Å². The van der Waals surface area contributed by atoms with E-state index in [1.807, 2.05) is 0 Å². The monoisotopic (exact) mass is 363 g/mol. The van der Waals surface area contributed by atoms with Gasteiger partial charge in [-0.3, -0.25) is 5.10 Å². The number of rotatable bonds is 7. The molecule has 0 amide bonds. The van der Waals surface area contributed by atoms with Crippen LogP contribution in [0.2, 0.25) is 0 Å². The highest BCUT2D eigenvalue weighted by Crippen LogP contribution is 2.29. The number of H-pyrrole nitrogens is 1. The van der Waals surface area contributed by atoms with Gasteiger partial charge in [-0.15, -0.1) is 0 Å². The molecule has 1 aliphatic rings. The number of nitrogens with one attached hydrogen (secondary N) is 1. The molecule has 1 unspecified atom stereocenters. The van der Waals surface area contributed by atoms with E-state index in [-0.39, 0.29) is 11.9 Å². The van der Waals surface area contributed by atoms with Gasteiger partial charge in [-0.1, -0.05) is 52.9 Å². The molecule has 2 aromatic rings. The van der Waals surface area contributed by atoms with Gasteiger partial charge in [0, 0.05) is 12.1 Å². The summed E-state index contributed by atoms with van der Waals surface area (Å²) >= 11 is 0. The van der Waals surface area contributed by atoms with Crippen LogP contribution in [-0.2, 0) is 0 Å². The summed E-state index contributed by atoms with van der Waals surface area (Å²) in [7, 11) is 0. The van der Waals surface area contributed by atoms with Gasteiger partial charge in [0.15, 0.2) is 5.82 Å². The molecule has 3 rings (SSSR count). The fourth-order valence-corrected chi connectivity index (χ4v) is 3.45. The Morgan fingerprint density at radius 2 is 1.88 bits per heavy atom. The Bertz CT molecular complexity index is 675. The highest BCUT2D eigenvalue weighted by molar-refractivity contribution is 5.90. The molecule has 1 saturated carbocycles. The zero-order chi connectivity index (χ0) is 19.1. The van der Waals surface area contributed by atoms with Crippen molar-refractivity contribution in [2.75, 3.05) is 5.73 Å². The van der Waals surface area contributed by atoms with Gasteiger partial charge in [0.1, 0.15) is 11.6 Å². The molecule has 0 spiro atoms. The van der Waals surface area contributed by atoms with Crippen LogP contribution in [0.5, 0.6) is 5.75 Å². The van der Waals surface area contributed by atoms with Crippen molar-refractivity contribution in [3.8, 4) is 5.75 Å². The minimum Gasteiger partial charge on any atom is -0.490 e. The van der Waals surface area contributed by atoms with Gasteiger partial charge in [-0.2, -0.15) is 5.10 Å². The average Bonchev–Trinajstić information content (AvgIpc) is 2.94. The fraction of sp³-hybridized carbons (Fsp3) is 0.667. The molecule has 4 nitrogen and oxygen atoms in total. The molecule has 26 heavy (non-hydrogen) atoms. The predicted molar refractivity (Wildman–Crippen MR) is 107 cm³/mol. The molecule has 0 aliphatic heterocycles. The quantitative estimate of drug-likeness (QED) is 0.627. The van der Waals surface area contributed by atoms with Crippen LogP contribution in [0, 0.1) is 17.7 Å². The van der Waals surface area contributed by atoms with Crippen molar-refractivity contribution in [3.05, 3.63) is 17.9 Å². The van der Waals surface area contributed by atoms with E-state index in [1.54, 1.807) is 6.07 Å². The van der Waals surface area contributed by atoms with Crippen molar-refractivity contribution in [2.45, 2.75) is 78.7 Å². The second-order valence-electron chi connectivity index (χ2n) is 7.63. The summed E-state index contributed by atoms with van der Waals surface area (Å²) in [6, 6.07) is 3.15. The van der Waals surface area contributed by atoms with E-state index in [1.165, 1.54) is 25.3 Å². The number of hydrogen-bond acceptors (Lipinski definition) is 3. The number of fused-ring (bicyclic) bond motifs is 1. The maximum absolute atomic E-state index is 14.1. The van der Waals surface area contributed by atoms with E-state index in [9.17, 15) is 4.39 Å². The Kier molecular flexibility index (Phi) is 7.73. The molecule has 3 N–H and O–H groups in total. The zero-order valence-electron chi connectivity index (χ0n) is 16.6. The number of anilines is 1. The highest BCUT2D eigenvalue weighted by atomic mass is 19.1. The van der Waals surface area contributed by atoms with Gasteiger partial charge in [-0.05, 0) is 31.6 Å². The Hall–Kier alpha value is -1.78. The first-order chi connectivity index (χ1) is 12.5. The maximum Gasteiger partial charge on any atom is 0.156 e. The van der Waals surface area contributed by atoms with Gasteiger partial charge in [-0.25, -0.2) is 4.39 Å². The largest absolute Gasteiger partial charge is 0.490 e. The third-order valence-electron chi connectivity index (χ3n) is 5.32. The molecular formula is C21H34FN3O. The standard InChI is InChI=1S/C16H24FN3O.C5H10/c1-4-6-11(7-5-2)10(3)21-12-8-13(17)15-14(9-12)19-20-16(15)18;1-5-3-2-4-5/h8-11H,4-7H2,1-3H3,(H3,18,19,20);5H,2-4H2,1H3.